The van der Waals surface area contributed by atoms with Crippen molar-refractivity contribution < 1.29 is 4.79 Å². The summed E-state index contributed by atoms with van der Waals surface area (Å²) in [7, 11) is 1.95. The van der Waals surface area contributed by atoms with E-state index >= 15 is 0 Å². The third-order valence-corrected chi connectivity index (χ3v) is 5.12. The molecule has 3 rings (SSSR count). The molecule has 2 aromatic rings. The molecule has 0 aliphatic carbocycles. The Balaban J connectivity index is 0.00000243. The van der Waals surface area contributed by atoms with Crippen LogP contribution in [0.2, 0.25) is 0 Å². The van der Waals surface area contributed by atoms with Gasteiger partial charge in [-0.05, 0) is 37.1 Å². The van der Waals surface area contributed by atoms with Crippen molar-refractivity contribution in [3.05, 3.63) is 71.8 Å². The minimum atomic E-state index is 0. The Kier molecular flexibility index (Phi) is 8.20. The smallest absolute Gasteiger partial charge is 0.227 e. The van der Waals surface area contributed by atoms with Gasteiger partial charge in [-0.3, -0.25) is 4.79 Å². The van der Waals surface area contributed by atoms with Crippen LogP contribution in [-0.2, 0) is 11.2 Å². The highest BCUT2D eigenvalue weighted by atomic mass is 32.1. The molecule has 0 unspecified atom stereocenters. The Hall–Kier alpha value is -1.78. The fourth-order valence-electron chi connectivity index (χ4n) is 3.58. The van der Waals surface area contributed by atoms with Crippen LogP contribution in [-0.4, -0.2) is 42.4 Å². The zero-order valence-corrected chi connectivity index (χ0v) is 16.6. The third kappa shape index (κ3) is 5.61. The van der Waals surface area contributed by atoms with Crippen LogP contribution in [0.25, 0.3) is 0 Å². The number of carbonyl (C=O) groups excluding carboxylic acids is 1. The zero-order valence-electron chi connectivity index (χ0n) is 15.6. The van der Waals surface area contributed by atoms with Gasteiger partial charge in [-0.1, -0.05) is 67.1 Å². The Morgan fingerprint density at radius 2 is 1.54 bits per heavy atom. The summed E-state index contributed by atoms with van der Waals surface area (Å²) in [5.41, 5.74) is 2.29. The molecule has 0 bridgehead atoms. The molecule has 1 aliphatic heterocycles. The molecule has 3 nitrogen and oxygen atoms in total. The van der Waals surface area contributed by atoms with Crippen molar-refractivity contribution in [2.45, 2.75) is 31.7 Å². The lowest BCUT2D eigenvalue weighted by atomic mass is 10.0. The molecular formula is C22H30N2OS. The largest absolute Gasteiger partial charge is 0.337 e. The van der Waals surface area contributed by atoms with Crippen molar-refractivity contribution in [1.29, 1.82) is 0 Å². The second kappa shape index (κ2) is 10.4. The summed E-state index contributed by atoms with van der Waals surface area (Å²) in [4.78, 5) is 17.3. The van der Waals surface area contributed by atoms with Gasteiger partial charge in [0.05, 0.1) is 12.5 Å². The number of piperidine rings is 1. The molecule has 0 aromatic heterocycles. The number of hydrogen-bond donors (Lipinski definition) is 0. The van der Waals surface area contributed by atoms with E-state index in [0.29, 0.717) is 6.42 Å². The zero-order chi connectivity index (χ0) is 17.5. The van der Waals surface area contributed by atoms with E-state index in [-0.39, 0.29) is 25.4 Å². The lowest BCUT2D eigenvalue weighted by molar-refractivity contribution is -0.131. The highest BCUT2D eigenvalue weighted by Gasteiger charge is 2.24. The van der Waals surface area contributed by atoms with Crippen LogP contribution in [0.3, 0.4) is 0 Å². The number of likely N-dealkylation sites (N-methyl/N-ethyl adjacent to an activating group) is 1. The average molecular weight is 371 g/mol. The van der Waals surface area contributed by atoms with Crippen LogP contribution in [0.4, 0.5) is 0 Å². The molecule has 1 heterocycles. The van der Waals surface area contributed by atoms with Gasteiger partial charge < -0.3 is 9.80 Å². The van der Waals surface area contributed by atoms with E-state index in [2.05, 4.69) is 29.2 Å². The highest BCUT2D eigenvalue weighted by Crippen LogP contribution is 2.23. The van der Waals surface area contributed by atoms with Crippen molar-refractivity contribution in [2.75, 3.05) is 26.7 Å². The number of nitrogens with zero attached hydrogens (tertiary/aromatic N) is 2. The fraction of sp³-hybridized carbons (Fsp3) is 0.409. The summed E-state index contributed by atoms with van der Waals surface area (Å²) in [6.45, 7) is 3.20. The summed E-state index contributed by atoms with van der Waals surface area (Å²) in [5, 5.41) is 0. The van der Waals surface area contributed by atoms with Gasteiger partial charge in [-0.25, -0.2) is 0 Å². The first-order chi connectivity index (χ1) is 12.2. The molecular weight excluding hydrogens is 340 g/mol. The fourth-order valence-corrected chi connectivity index (χ4v) is 3.58. The molecule has 4 heteroatoms. The van der Waals surface area contributed by atoms with Gasteiger partial charge in [-0.2, -0.15) is 13.5 Å². The summed E-state index contributed by atoms with van der Waals surface area (Å²) in [5.74, 6) is 0.178. The van der Waals surface area contributed by atoms with Crippen LogP contribution in [0.5, 0.6) is 0 Å². The van der Waals surface area contributed by atoms with Gasteiger partial charge in [0.25, 0.3) is 0 Å². The first-order valence-corrected chi connectivity index (χ1v) is 9.31. The number of amides is 1. The van der Waals surface area contributed by atoms with Gasteiger partial charge in [0.2, 0.25) is 5.91 Å². The average Bonchev–Trinajstić information content (AvgIpc) is 2.68. The van der Waals surface area contributed by atoms with E-state index < -0.39 is 0 Å². The molecule has 0 N–H and O–H groups in total. The predicted molar refractivity (Wildman–Crippen MR) is 113 cm³/mol. The lowest BCUT2D eigenvalue weighted by Gasteiger charge is -2.35. The van der Waals surface area contributed by atoms with E-state index in [4.69, 9.17) is 0 Å². The Labute approximate surface area is 164 Å². The third-order valence-electron chi connectivity index (χ3n) is 5.12. The summed E-state index contributed by atoms with van der Waals surface area (Å²) in [6.07, 6.45) is 4.32. The molecule has 1 saturated heterocycles. The second-order valence-corrected chi connectivity index (χ2v) is 6.95. The van der Waals surface area contributed by atoms with Crippen molar-refractivity contribution in [1.82, 2.24) is 9.80 Å². The predicted octanol–water partition coefficient (Wildman–Crippen LogP) is 4.03. The van der Waals surface area contributed by atoms with Crippen molar-refractivity contribution in [2.24, 2.45) is 0 Å². The molecule has 26 heavy (non-hydrogen) atoms. The van der Waals surface area contributed by atoms with Gasteiger partial charge >= 0.3 is 0 Å². The number of rotatable bonds is 6. The van der Waals surface area contributed by atoms with Crippen molar-refractivity contribution in [3.63, 3.8) is 0 Å². The van der Waals surface area contributed by atoms with Gasteiger partial charge in [0.1, 0.15) is 0 Å². The number of carbonyl (C=O) groups is 1. The number of benzene rings is 2. The molecule has 1 atom stereocenters. The summed E-state index contributed by atoms with van der Waals surface area (Å²) >= 11 is 0. The van der Waals surface area contributed by atoms with E-state index in [1.807, 2.05) is 48.3 Å². The Morgan fingerprint density at radius 3 is 2.15 bits per heavy atom. The first-order valence-electron chi connectivity index (χ1n) is 9.31. The van der Waals surface area contributed by atoms with Gasteiger partial charge in [0, 0.05) is 13.6 Å². The minimum absolute atomic E-state index is 0. The minimum Gasteiger partial charge on any atom is -0.337 e. The Morgan fingerprint density at radius 1 is 0.962 bits per heavy atom. The molecule has 0 radical (unpaired) electrons. The van der Waals surface area contributed by atoms with Gasteiger partial charge in [0.15, 0.2) is 0 Å². The second-order valence-electron chi connectivity index (χ2n) is 6.95. The monoisotopic (exact) mass is 370 g/mol. The summed E-state index contributed by atoms with van der Waals surface area (Å²) < 4.78 is 0. The van der Waals surface area contributed by atoms with Gasteiger partial charge in [-0.15, -0.1) is 0 Å². The number of likely N-dealkylation sites (tertiary alicyclic amines) is 1. The molecule has 1 amide bonds. The maximum Gasteiger partial charge on any atom is 0.227 e. The van der Waals surface area contributed by atoms with Crippen LogP contribution >= 0.6 is 13.5 Å². The number of hydrogen-bond acceptors (Lipinski definition) is 2. The van der Waals surface area contributed by atoms with E-state index in [1.165, 1.54) is 24.8 Å². The normalized spacial score (nSPS) is 15.7. The van der Waals surface area contributed by atoms with E-state index in [0.717, 1.165) is 25.2 Å². The molecule has 140 valence electrons. The maximum absolute atomic E-state index is 12.9. The molecule has 0 spiro atoms. The summed E-state index contributed by atoms with van der Waals surface area (Å²) in [6, 6.07) is 20.6. The van der Waals surface area contributed by atoms with Crippen LogP contribution in [0.1, 0.15) is 36.4 Å². The molecule has 2 aromatic carbocycles. The molecule has 1 fully saturated rings. The molecule has 1 aliphatic rings. The molecule has 0 saturated carbocycles. The van der Waals surface area contributed by atoms with Crippen LogP contribution in [0.15, 0.2) is 60.7 Å². The van der Waals surface area contributed by atoms with Crippen molar-refractivity contribution in [3.8, 4) is 0 Å². The highest BCUT2D eigenvalue weighted by molar-refractivity contribution is 7.59. The van der Waals surface area contributed by atoms with E-state index in [1.54, 1.807) is 0 Å². The Bertz CT molecular complexity index is 656. The van der Waals surface area contributed by atoms with Crippen LogP contribution in [0, 0.1) is 0 Å². The van der Waals surface area contributed by atoms with Crippen molar-refractivity contribution >= 4 is 19.4 Å². The topological polar surface area (TPSA) is 23.6 Å². The quantitative estimate of drug-likeness (QED) is 0.766. The lowest BCUT2D eigenvalue weighted by Crippen LogP contribution is -2.41. The maximum atomic E-state index is 12.9. The first kappa shape index (κ1) is 20.5. The SMILES string of the molecule is CN(C(=O)Cc1ccccc1)[C@H](CN1CCCCC1)c1ccccc1.S. The van der Waals surface area contributed by atoms with E-state index in [9.17, 15) is 4.79 Å². The standard InChI is InChI=1S/C22H28N2O.H2S/c1-23(22(25)17-19-11-5-2-6-12-19)21(20-13-7-3-8-14-20)18-24-15-9-4-10-16-24;/h2-3,5-8,11-14,21H,4,9-10,15-18H2,1H3;1H2/t21-;/m1./s1. The van der Waals surface area contributed by atoms with Crippen LogP contribution < -0.4 is 0 Å².